The van der Waals surface area contributed by atoms with Gasteiger partial charge in [0.1, 0.15) is 11.6 Å². The molecule has 0 radical (unpaired) electrons. The Hall–Kier alpha value is -2.30. The van der Waals surface area contributed by atoms with Crippen LogP contribution in [-0.2, 0) is 18.3 Å². The van der Waals surface area contributed by atoms with E-state index >= 15 is 0 Å². The second-order valence-electron chi connectivity index (χ2n) is 4.21. The second-order valence-corrected chi connectivity index (χ2v) is 4.21. The van der Waals surface area contributed by atoms with Crippen LogP contribution in [0.5, 0.6) is 5.75 Å². The van der Waals surface area contributed by atoms with Gasteiger partial charge in [-0.15, -0.1) is 0 Å². The topological polar surface area (TPSA) is 64.3 Å². The standard InChI is InChI=1S/C14H16N2O3/c1-16-11(9-15-13(16)7-8-14(17)18)10-5-3-4-6-12(10)19-2/h3-6,9H,7-8H2,1-2H3,(H,17,18). The summed E-state index contributed by atoms with van der Waals surface area (Å²) in [5.74, 6) is 0.709. The fraction of sp³-hybridized carbons (Fsp3) is 0.286. The molecule has 100 valence electrons. The minimum Gasteiger partial charge on any atom is -0.496 e. The summed E-state index contributed by atoms with van der Waals surface area (Å²) in [4.78, 5) is 14.9. The Labute approximate surface area is 111 Å². The van der Waals surface area contributed by atoms with Crippen LogP contribution in [0, 0.1) is 0 Å². The molecule has 0 amide bonds. The van der Waals surface area contributed by atoms with Crippen LogP contribution in [0.15, 0.2) is 30.5 Å². The van der Waals surface area contributed by atoms with Gasteiger partial charge in [0.05, 0.1) is 25.4 Å². The molecular formula is C14H16N2O3. The first-order valence-corrected chi connectivity index (χ1v) is 5.99. The summed E-state index contributed by atoms with van der Waals surface area (Å²) in [7, 11) is 3.51. The Bertz CT molecular complexity index is 590. The number of imidazole rings is 1. The van der Waals surface area contributed by atoms with Gasteiger partial charge < -0.3 is 14.4 Å². The summed E-state index contributed by atoms with van der Waals surface area (Å²) in [5, 5.41) is 8.71. The van der Waals surface area contributed by atoms with E-state index < -0.39 is 5.97 Å². The summed E-state index contributed by atoms with van der Waals surface area (Å²) in [6.45, 7) is 0. The van der Waals surface area contributed by atoms with Crippen LogP contribution < -0.4 is 4.74 Å². The molecule has 1 heterocycles. The number of carbonyl (C=O) groups is 1. The van der Waals surface area contributed by atoms with Crippen molar-refractivity contribution in [3.05, 3.63) is 36.3 Å². The molecule has 0 bridgehead atoms. The molecule has 0 fully saturated rings. The van der Waals surface area contributed by atoms with Gasteiger partial charge in [-0.2, -0.15) is 0 Å². The van der Waals surface area contributed by atoms with Gasteiger partial charge in [0.25, 0.3) is 0 Å². The van der Waals surface area contributed by atoms with Crippen LogP contribution in [-0.4, -0.2) is 27.7 Å². The highest BCUT2D eigenvalue weighted by molar-refractivity contribution is 5.68. The monoisotopic (exact) mass is 260 g/mol. The van der Waals surface area contributed by atoms with Crippen LogP contribution in [0.4, 0.5) is 0 Å². The number of carboxylic acid groups (broad SMARTS) is 1. The Morgan fingerprint density at radius 1 is 1.42 bits per heavy atom. The molecule has 5 heteroatoms. The molecule has 2 aromatic rings. The fourth-order valence-corrected chi connectivity index (χ4v) is 2.01. The number of benzene rings is 1. The number of ether oxygens (including phenoxy) is 1. The number of carboxylic acids is 1. The van der Waals surface area contributed by atoms with Gasteiger partial charge in [-0.1, -0.05) is 12.1 Å². The highest BCUT2D eigenvalue weighted by Gasteiger charge is 2.12. The first kappa shape index (κ1) is 13.1. The lowest BCUT2D eigenvalue weighted by Gasteiger charge is -2.09. The van der Waals surface area contributed by atoms with Crippen LogP contribution in [0.1, 0.15) is 12.2 Å². The molecule has 0 saturated heterocycles. The quantitative estimate of drug-likeness (QED) is 0.894. The normalized spacial score (nSPS) is 10.4. The van der Waals surface area contributed by atoms with E-state index in [1.54, 1.807) is 13.3 Å². The number of aromatic nitrogens is 2. The third kappa shape index (κ3) is 2.76. The zero-order valence-corrected chi connectivity index (χ0v) is 11.0. The average molecular weight is 260 g/mol. The van der Waals surface area contributed by atoms with Gasteiger partial charge in [-0.3, -0.25) is 4.79 Å². The van der Waals surface area contributed by atoms with Crippen molar-refractivity contribution in [3.63, 3.8) is 0 Å². The van der Waals surface area contributed by atoms with Crippen molar-refractivity contribution in [1.29, 1.82) is 0 Å². The molecule has 1 aromatic carbocycles. The number of rotatable bonds is 5. The second kappa shape index (κ2) is 5.56. The van der Waals surface area contributed by atoms with Crippen molar-refractivity contribution >= 4 is 5.97 Å². The van der Waals surface area contributed by atoms with E-state index in [1.807, 2.05) is 35.9 Å². The third-order valence-electron chi connectivity index (χ3n) is 3.03. The number of aryl methyl sites for hydroxylation is 1. The molecule has 0 unspecified atom stereocenters. The highest BCUT2D eigenvalue weighted by Crippen LogP contribution is 2.29. The van der Waals surface area contributed by atoms with E-state index in [0.29, 0.717) is 6.42 Å². The Balaban J connectivity index is 2.33. The van der Waals surface area contributed by atoms with Crippen LogP contribution in [0.25, 0.3) is 11.3 Å². The van der Waals surface area contributed by atoms with E-state index in [1.165, 1.54) is 0 Å². The maximum atomic E-state index is 10.6. The molecule has 19 heavy (non-hydrogen) atoms. The van der Waals surface area contributed by atoms with Gasteiger partial charge in [-0.25, -0.2) is 4.98 Å². The Morgan fingerprint density at radius 2 is 2.16 bits per heavy atom. The van der Waals surface area contributed by atoms with Gasteiger partial charge >= 0.3 is 5.97 Å². The average Bonchev–Trinajstić information content (AvgIpc) is 2.77. The van der Waals surface area contributed by atoms with Crippen molar-refractivity contribution in [2.75, 3.05) is 7.11 Å². The number of para-hydroxylation sites is 1. The molecule has 0 aliphatic heterocycles. The van der Waals surface area contributed by atoms with Gasteiger partial charge in [0.15, 0.2) is 0 Å². The minimum absolute atomic E-state index is 0.0796. The van der Waals surface area contributed by atoms with Crippen molar-refractivity contribution in [2.24, 2.45) is 7.05 Å². The van der Waals surface area contributed by atoms with Crippen molar-refractivity contribution < 1.29 is 14.6 Å². The molecule has 2 rings (SSSR count). The number of nitrogens with zero attached hydrogens (tertiary/aromatic N) is 2. The Kier molecular flexibility index (Phi) is 3.85. The maximum absolute atomic E-state index is 10.6. The predicted octanol–water partition coefficient (Wildman–Crippen LogP) is 2.11. The zero-order chi connectivity index (χ0) is 13.8. The lowest BCUT2D eigenvalue weighted by atomic mass is 10.1. The van der Waals surface area contributed by atoms with Gasteiger partial charge in [0, 0.05) is 19.0 Å². The van der Waals surface area contributed by atoms with E-state index in [-0.39, 0.29) is 6.42 Å². The number of hydrogen-bond acceptors (Lipinski definition) is 3. The minimum atomic E-state index is -0.818. The maximum Gasteiger partial charge on any atom is 0.303 e. The molecule has 5 nitrogen and oxygen atoms in total. The van der Waals surface area contributed by atoms with Crippen molar-refractivity contribution in [2.45, 2.75) is 12.8 Å². The summed E-state index contributed by atoms with van der Waals surface area (Å²) in [5.41, 5.74) is 1.86. The first-order chi connectivity index (χ1) is 9.13. The van der Waals surface area contributed by atoms with Gasteiger partial charge in [-0.05, 0) is 12.1 Å². The summed E-state index contributed by atoms with van der Waals surface area (Å²) >= 11 is 0. The number of methoxy groups -OCH3 is 1. The molecule has 0 spiro atoms. The largest absolute Gasteiger partial charge is 0.496 e. The van der Waals surface area contributed by atoms with Crippen LogP contribution >= 0.6 is 0 Å². The fourth-order valence-electron chi connectivity index (χ4n) is 2.01. The molecule has 0 aliphatic carbocycles. The Morgan fingerprint density at radius 3 is 2.84 bits per heavy atom. The summed E-state index contributed by atoms with van der Waals surface area (Å²) in [6.07, 6.45) is 2.24. The SMILES string of the molecule is COc1ccccc1-c1cnc(CCC(=O)O)n1C. The van der Waals surface area contributed by atoms with Crippen molar-refractivity contribution in [3.8, 4) is 17.0 Å². The molecule has 1 N–H and O–H groups in total. The number of hydrogen-bond donors (Lipinski definition) is 1. The molecular weight excluding hydrogens is 244 g/mol. The van der Waals surface area contributed by atoms with Gasteiger partial charge in [0.2, 0.25) is 0 Å². The van der Waals surface area contributed by atoms with Crippen LogP contribution in [0.3, 0.4) is 0 Å². The molecule has 1 aromatic heterocycles. The highest BCUT2D eigenvalue weighted by atomic mass is 16.5. The lowest BCUT2D eigenvalue weighted by molar-refractivity contribution is -0.137. The van der Waals surface area contributed by atoms with E-state index in [2.05, 4.69) is 4.98 Å². The predicted molar refractivity (Wildman–Crippen MR) is 71.2 cm³/mol. The summed E-state index contributed by atoms with van der Waals surface area (Å²) < 4.78 is 7.23. The van der Waals surface area contributed by atoms with Crippen LogP contribution in [0.2, 0.25) is 0 Å². The van der Waals surface area contributed by atoms with E-state index in [4.69, 9.17) is 9.84 Å². The van der Waals surface area contributed by atoms with E-state index in [0.717, 1.165) is 22.8 Å². The van der Waals surface area contributed by atoms with Crippen molar-refractivity contribution in [1.82, 2.24) is 9.55 Å². The smallest absolute Gasteiger partial charge is 0.303 e. The molecule has 0 atom stereocenters. The summed E-state index contributed by atoms with van der Waals surface area (Å²) in [6, 6.07) is 7.68. The lowest BCUT2D eigenvalue weighted by Crippen LogP contribution is -2.04. The molecule has 0 aliphatic rings. The number of aliphatic carboxylic acids is 1. The first-order valence-electron chi connectivity index (χ1n) is 5.99. The van der Waals surface area contributed by atoms with E-state index in [9.17, 15) is 4.79 Å². The third-order valence-corrected chi connectivity index (χ3v) is 3.03. The zero-order valence-electron chi connectivity index (χ0n) is 11.0. The molecule has 0 saturated carbocycles.